The molecule has 0 spiro atoms. The summed E-state index contributed by atoms with van der Waals surface area (Å²) in [6, 6.07) is 6.17. The van der Waals surface area contributed by atoms with Crippen molar-refractivity contribution in [1.29, 1.82) is 0 Å². The first-order valence-corrected chi connectivity index (χ1v) is 11.2. The lowest BCUT2D eigenvalue weighted by Gasteiger charge is -2.28. The van der Waals surface area contributed by atoms with Crippen LogP contribution in [0.5, 0.6) is 0 Å². The fourth-order valence-corrected chi connectivity index (χ4v) is 4.04. The Balaban J connectivity index is 1.77. The van der Waals surface area contributed by atoms with Crippen LogP contribution in [0.25, 0.3) is 10.9 Å². The van der Waals surface area contributed by atoms with Crippen molar-refractivity contribution in [3.63, 3.8) is 0 Å². The molecule has 1 aromatic heterocycles. The number of H-pyrrole nitrogens is 1. The first kappa shape index (κ1) is 22.7. The maximum atomic E-state index is 12.8. The lowest BCUT2D eigenvalue weighted by Crippen LogP contribution is -2.44. The topological polar surface area (TPSA) is 60.6 Å². The number of rotatable bonds is 8. The van der Waals surface area contributed by atoms with Crippen LogP contribution in [0.3, 0.4) is 0 Å². The van der Waals surface area contributed by atoms with Gasteiger partial charge in [0.05, 0.1) is 12.6 Å². The molecule has 1 fully saturated rings. The molecule has 0 amide bonds. The second-order valence-corrected chi connectivity index (χ2v) is 8.94. The molecular formula is C23H34N4O2S. The van der Waals surface area contributed by atoms with E-state index in [2.05, 4.69) is 54.1 Å². The number of pyridine rings is 1. The van der Waals surface area contributed by atoms with Gasteiger partial charge in [-0.3, -0.25) is 4.79 Å². The van der Waals surface area contributed by atoms with Gasteiger partial charge in [0.15, 0.2) is 5.11 Å². The average Bonchev–Trinajstić information content (AvgIpc) is 3.19. The third-order valence-corrected chi connectivity index (χ3v) is 6.09. The van der Waals surface area contributed by atoms with Gasteiger partial charge in [-0.15, -0.1) is 0 Å². The SMILES string of the molecule is Cc1cc2cc(CN(CC3CCCO3)C(=S)NCCCN(C)C)c(=O)[nH]c2cc1C. The van der Waals surface area contributed by atoms with Crippen LogP contribution in [0, 0.1) is 13.8 Å². The number of nitrogens with zero attached hydrogens (tertiary/aromatic N) is 2. The molecule has 2 N–H and O–H groups in total. The smallest absolute Gasteiger partial charge is 0.253 e. The number of benzene rings is 1. The third kappa shape index (κ3) is 6.03. The summed E-state index contributed by atoms with van der Waals surface area (Å²) in [6.45, 7) is 7.94. The van der Waals surface area contributed by atoms with Crippen molar-refractivity contribution >= 4 is 28.2 Å². The minimum absolute atomic E-state index is 0.0569. The summed E-state index contributed by atoms with van der Waals surface area (Å²) >= 11 is 5.70. The van der Waals surface area contributed by atoms with Gasteiger partial charge in [0, 0.05) is 30.8 Å². The van der Waals surface area contributed by atoms with Gasteiger partial charge >= 0.3 is 0 Å². The van der Waals surface area contributed by atoms with Gasteiger partial charge in [-0.1, -0.05) is 0 Å². The maximum absolute atomic E-state index is 12.8. The molecule has 30 heavy (non-hydrogen) atoms. The van der Waals surface area contributed by atoms with Crippen molar-refractivity contribution in [3.8, 4) is 0 Å². The first-order valence-electron chi connectivity index (χ1n) is 10.8. The van der Waals surface area contributed by atoms with E-state index in [9.17, 15) is 4.79 Å². The van der Waals surface area contributed by atoms with E-state index in [0.717, 1.165) is 55.4 Å². The fraction of sp³-hybridized carbons (Fsp3) is 0.565. The van der Waals surface area contributed by atoms with E-state index in [0.29, 0.717) is 18.2 Å². The van der Waals surface area contributed by atoms with Crippen LogP contribution in [0.1, 0.15) is 36.0 Å². The van der Waals surface area contributed by atoms with Gasteiger partial charge in [-0.25, -0.2) is 0 Å². The molecule has 1 atom stereocenters. The van der Waals surface area contributed by atoms with Gasteiger partial charge in [0.2, 0.25) is 0 Å². The van der Waals surface area contributed by atoms with Crippen LogP contribution in [0.4, 0.5) is 0 Å². The first-order chi connectivity index (χ1) is 14.3. The monoisotopic (exact) mass is 430 g/mol. The summed E-state index contributed by atoms with van der Waals surface area (Å²) in [7, 11) is 4.13. The summed E-state index contributed by atoms with van der Waals surface area (Å²) in [5.41, 5.74) is 3.94. The highest BCUT2D eigenvalue weighted by atomic mass is 32.1. The Bertz CT molecular complexity index is 935. The largest absolute Gasteiger partial charge is 0.376 e. The molecule has 1 unspecified atom stereocenters. The highest BCUT2D eigenvalue weighted by Crippen LogP contribution is 2.19. The molecule has 2 aromatic rings. The highest BCUT2D eigenvalue weighted by molar-refractivity contribution is 7.80. The highest BCUT2D eigenvalue weighted by Gasteiger charge is 2.22. The lowest BCUT2D eigenvalue weighted by atomic mass is 10.0. The molecule has 6 nitrogen and oxygen atoms in total. The van der Waals surface area contributed by atoms with Gasteiger partial charge in [0.25, 0.3) is 5.56 Å². The maximum Gasteiger partial charge on any atom is 0.253 e. The molecule has 0 saturated carbocycles. The average molecular weight is 431 g/mol. The third-order valence-electron chi connectivity index (χ3n) is 5.69. The number of aromatic nitrogens is 1. The number of hydrogen-bond acceptors (Lipinski definition) is 4. The van der Waals surface area contributed by atoms with Crippen molar-refractivity contribution < 1.29 is 4.74 Å². The minimum atomic E-state index is -0.0569. The zero-order valence-corrected chi connectivity index (χ0v) is 19.4. The number of aryl methyl sites for hydroxylation is 2. The number of hydrogen-bond donors (Lipinski definition) is 2. The molecule has 1 aromatic carbocycles. The van der Waals surface area contributed by atoms with Crippen LogP contribution >= 0.6 is 12.2 Å². The molecule has 1 saturated heterocycles. The van der Waals surface area contributed by atoms with E-state index < -0.39 is 0 Å². The normalized spacial score (nSPS) is 16.4. The second-order valence-electron chi connectivity index (χ2n) is 8.55. The molecule has 0 bridgehead atoms. The second kappa shape index (κ2) is 10.4. The number of fused-ring (bicyclic) bond motifs is 1. The van der Waals surface area contributed by atoms with Crippen molar-refractivity contribution in [2.45, 2.75) is 45.8 Å². The fourth-order valence-electron chi connectivity index (χ4n) is 3.80. The Kier molecular flexibility index (Phi) is 7.86. The van der Waals surface area contributed by atoms with E-state index in [1.165, 1.54) is 11.1 Å². The van der Waals surface area contributed by atoms with E-state index in [1.807, 2.05) is 12.1 Å². The van der Waals surface area contributed by atoms with Crippen LogP contribution < -0.4 is 10.9 Å². The molecule has 7 heteroatoms. The predicted octanol–water partition coefficient (Wildman–Crippen LogP) is 2.95. The van der Waals surface area contributed by atoms with Gasteiger partial charge < -0.3 is 24.8 Å². The molecule has 1 aliphatic rings. The minimum Gasteiger partial charge on any atom is -0.376 e. The van der Waals surface area contributed by atoms with Gasteiger partial charge in [0.1, 0.15) is 0 Å². The van der Waals surface area contributed by atoms with Crippen LogP contribution in [0.2, 0.25) is 0 Å². The zero-order valence-electron chi connectivity index (χ0n) is 18.6. The van der Waals surface area contributed by atoms with Crippen LogP contribution in [0.15, 0.2) is 23.0 Å². The predicted molar refractivity (Wildman–Crippen MR) is 127 cm³/mol. The van der Waals surface area contributed by atoms with Crippen molar-refractivity contribution in [2.24, 2.45) is 0 Å². The van der Waals surface area contributed by atoms with Crippen molar-refractivity contribution in [1.82, 2.24) is 20.1 Å². The number of ether oxygens (including phenoxy) is 1. The lowest BCUT2D eigenvalue weighted by molar-refractivity contribution is 0.0897. The van der Waals surface area contributed by atoms with Gasteiger partial charge in [-0.2, -0.15) is 0 Å². The Morgan fingerprint density at radius 3 is 2.73 bits per heavy atom. The Morgan fingerprint density at radius 1 is 1.27 bits per heavy atom. The van der Waals surface area contributed by atoms with Gasteiger partial charge in [-0.05, 0) is 101 Å². The summed E-state index contributed by atoms with van der Waals surface area (Å²) in [6.07, 6.45) is 3.29. The van der Waals surface area contributed by atoms with Crippen molar-refractivity contribution in [3.05, 3.63) is 45.2 Å². The molecule has 3 rings (SSSR count). The van der Waals surface area contributed by atoms with E-state index in [-0.39, 0.29) is 11.7 Å². The van der Waals surface area contributed by atoms with E-state index in [4.69, 9.17) is 17.0 Å². The van der Waals surface area contributed by atoms with E-state index in [1.54, 1.807) is 0 Å². The Labute approximate surface area is 184 Å². The summed E-state index contributed by atoms with van der Waals surface area (Å²) in [5.74, 6) is 0. The van der Waals surface area contributed by atoms with Crippen LogP contribution in [-0.4, -0.2) is 66.3 Å². The number of thiocarbonyl (C=S) groups is 1. The van der Waals surface area contributed by atoms with E-state index >= 15 is 0 Å². The number of nitrogens with one attached hydrogen (secondary N) is 2. The Morgan fingerprint density at radius 2 is 2.03 bits per heavy atom. The molecule has 0 radical (unpaired) electrons. The Hall–Kier alpha value is -1.96. The standard InChI is InChI=1S/C23H34N4O2S/c1-16-11-18-13-19(22(28)25-21(18)12-17(16)2)14-27(15-20-7-5-10-29-20)23(30)24-8-6-9-26(3)4/h11-13,20H,5-10,14-15H2,1-4H3,(H,24,30)(H,25,28). The molecule has 164 valence electrons. The molecule has 1 aliphatic heterocycles. The summed E-state index contributed by atoms with van der Waals surface area (Å²) in [5, 5.41) is 5.10. The molecule has 0 aliphatic carbocycles. The molecule has 2 heterocycles. The number of aromatic amines is 1. The van der Waals surface area contributed by atoms with Crippen molar-refractivity contribution in [2.75, 3.05) is 40.3 Å². The van der Waals surface area contributed by atoms with Crippen LogP contribution in [-0.2, 0) is 11.3 Å². The quantitative estimate of drug-likeness (QED) is 0.496. The summed E-state index contributed by atoms with van der Waals surface area (Å²) < 4.78 is 5.84. The molecular weight excluding hydrogens is 396 g/mol. The summed E-state index contributed by atoms with van der Waals surface area (Å²) in [4.78, 5) is 20.1. The zero-order chi connectivity index (χ0) is 21.7.